The third-order valence-electron chi connectivity index (χ3n) is 4.74. The van der Waals surface area contributed by atoms with Crippen LogP contribution in [0.5, 0.6) is 5.75 Å². The lowest BCUT2D eigenvalue weighted by Crippen LogP contribution is -2.47. The fourth-order valence-electron chi connectivity index (χ4n) is 3.30. The molecule has 1 atom stereocenters. The Labute approximate surface area is 148 Å². The van der Waals surface area contributed by atoms with Gasteiger partial charge in [0.1, 0.15) is 11.5 Å². The molecule has 3 rings (SSSR count). The normalized spacial score (nSPS) is 18.1. The lowest BCUT2D eigenvalue weighted by molar-refractivity contribution is 0.0900. The Bertz CT molecular complexity index is 722. The van der Waals surface area contributed by atoms with Gasteiger partial charge in [-0.25, -0.2) is 0 Å². The van der Waals surface area contributed by atoms with Crippen molar-refractivity contribution in [2.24, 2.45) is 0 Å². The van der Waals surface area contributed by atoms with Crippen LogP contribution in [0.1, 0.15) is 40.2 Å². The summed E-state index contributed by atoms with van der Waals surface area (Å²) in [6.45, 7) is 6.58. The number of likely N-dealkylation sites (tertiary alicyclic amines) is 1. The summed E-state index contributed by atoms with van der Waals surface area (Å²) >= 11 is 0. The maximum atomic E-state index is 12.5. The molecule has 134 valence electrons. The zero-order chi connectivity index (χ0) is 17.8. The summed E-state index contributed by atoms with van der Waals surface area (Å²) in [5.74, 6) is 1.51. The average Bonchev–Trinajstić information content (AvgIpc) is 2.94. The Morgan fingerprint density at radius 3 is 3.00 bits per heavy atom. The first-order valence-electron chi connectivity index (χ1n) is 8.66. The lowest BCUT2D eigenvalue weighted by Gasteiger charge is -2.33. The van der Waals surface area contributed by atoms with E-state index in [4.69, 9.17) is 9.26 Å². The molecule has 1 N–H and O–H groups in total. The van der Waals surface area contributed by atoms with Crippen molar-refractivity contribution < 1.29 is 14.1 Å². The highest BCUT2D eigenvalue weighted by atomic mass is 16.5. The van der Waals surface area contributed by atoms with Gasteiger partial charge in [0.15, 0.2) is 0 Å². The number of methoxy groups -OCH3 is 1. The van der Waals surface area contributed by atoms with E-state index >= 15 is 0 Å². The number of nitrogens with one attached hydrogen (secondary N) is 1. The standard InChI is InChI=1S/C19H25N3O3/c1-13-18(14(2)25-21-13)12-22-9-5-7-16(11-22)20-19(23)15-6-4-8-17(10-15)24-3/h4,6,8,10,16H,5,7,9,11-12H2,1-3H3,(H,20,23). The fourth-order valence-corrected chi connectivity index (χ4v) is 3.30. The van der Waals surface area contributed by atoms with Crippen LogP contribution in [0.15, 0.2) is 28.8 Å². The number of hydrogen-bond donors (Lipinski definition) is 1. The van der Waals surface area contributed by atoms with Crippen LogP contribution in [0.25, 0.3) is 0 Å². The first kappa shape index (κ1) is 17.5. The van der Waals surface area contributed by atoms with Gasteiger partial charge in [-0.05, 0) is 51.4 Å². The molecule has 1 aliphatic rings. The van der Waals surface area contributed by atoms with Gasteiger partial charge < -0.3 is 14.6 Å². The monoisotopic (exact) mass is 343 g/mol. The zero-order valence-electron chi connectivity index (χ0n) is 15.0. The number of ether oxygens (including phenoxy) is 1. The van der Waals surface area contributed by atoms with Gasteiger partial charge in [0.2, 0.25) is 0 Å². The number of amides is 1. The first-order valence-corrected chi connectivity index (χ1v) is 8.66. The highest BCUT2D eigenvalue weighted by molar-refractivity contribution is 5.94. The van der Waals surface area contributed by atoms with E-state index in [1.54, 1.807) is 13.2 Å². The molecule has 6 nitrogen and oxygen atoms in total. The Hall–Kier alpha value is -2.34. The first-order chi connectivity index (χ1) is 12.1. The summed E-state index contributed by atoms with van der Waals surface area (Å²) in [6.07, 6.45) is 2.06. The number of carbonyl (C=O) groups excluding carboxylic acids is 1. The number of hydrogen-bond acceptors (Lipinski definition) is 5. The van der Waals surface area contributed by atoms with Gasteiger partial charge >= 0.3 is 0 Å². The summed E-state index contributed by atoms with van der Waals surface area (Å²) in [5.41, 5.74) is 2.72. The van der Waals surface area contributed by atoms with Crippen LogP contribution in [0.2, 0.25) is 0 Å². The molecule has 6 heteroatoms. The van der Waals surface area contributed by atoms with Gasteiger partial charge in [0, 0.05) is 30.3 Å². The molecule has 1 aromatic carbocycles. The Morgan fingerprint density at radius 1 is 1.44 bits per heavy atom. The number of piperidine rings is 1. The van der Waals surface area contributed by atoms with Crippen molar-refractivity contribution >= 4 is 5.91 Å². The van der Waals surface area contributed by atoms with Crippen LogP contribution < -0.4 is 10.1 Å². The SMILES string of the molecule is COc1cccc(C(=O)NC2CCCN(Cc3c(C)noc3C)C2)c1. The Balaban J connectivity index is 1.60. The van der Waals surface area contributed by atoms with Crippen LogP contribution in [-0.2, 0) is 6.54 Å². The third kappa shape index (κ3) is 4.20. The number of aromatic nitrogens is 1. The predicted octanol–water partition coefficient (Wildman–Crippen LogP) is 2.69. The number of carbonyl (C=O) groups is 1. The second-order valence-electron chi connectivity index (χ2n) is 6.58. The van der Waals surface area contributed by atoms with E-state index in [0.29, 0.717) is 11.3 Å². The molecule has 1 saturated heterocycles. The Kier molecular flexibility index (Phi) is 5.38. The molecule has 1 aromatic heterocycles. The quantitative estimate of drug-likeness (QED) is 0.904. The van der Waals surface area contributed by atoms with Crippen LogP contribution >= 0.6 is 0 Å². The van der Waals surface area contributed by atoms with Crippen molar-refractivity contribution in [3.8, 4) is 5.75 Å². The topological polar surface area (TPSA) is 67.6 Å². The van der Waals surface area contributed by atoms with E-state index in [1.165, 1.54) is 0 Å². The maximum absolute atomic E-state index is 12.5. The van der Waals surface area contributed by atoms with Crippen molar-refractivity contribution in [1.82, 2.24) is 15.4 Å². The fraction of sp³-hybridized carbons (Fsp3) is 0.474. The minimum absolute atomic E-state index is 0.0527. The summed E-state index contributed by atoms with van der Waals surface area (Å²) in [5, 5.41) is 7.17. The smallest absolute Gasteiger partial charge is 0.251 e. The number of nitrogens with zero attached hydrogens (tertiary/aromatic N) is 2. The van der Waals surface area contributed by atoms with E-state index < -0.39 is 0 Å². The molecular formula is C19H25N3O3. The minimum atomic E-state index is -0.0527. The van der Waals surface area contributed by atoms with Gasteiger partial charge in [-0.1, -0.05) is 11.2 Å². The predicted molar refractivity (Wildman–Crippen MR) is 94.7 cm³/mol. The summed E-state index contributed by atoms with van der Waals surface area (Å²) in [6, 6.07) is 7.39. The Morgan fingerprint density at radius 2 is 2.28 bits per heavy atom. The summed E-state index contributed by atoms with van der Waals surface area (Å²) in [7, 11) is 1.60. The van der Waals surface area contributed by atoms with Crippen molar-refractivity contribution in [2.75, 3.05) is 20.2 Å². The van der Waals surface area contributed by atoms with Crippen molar-refractivity contribution in [2.45, 2.75) is 39.3 Å². The molecule has 0 aliphatic carbocycles. The van der Waals surface area contributed by atoms with E-state index in [9.17, 15) is 4.79 Å². The molecule has 0 radical (unpaired) electrons. The number of aryl methyl sites for hydroxylation is 2. The summed E-state index contributed by atoms with van der Waals surface area (Å²) in [4.78, 5) is 14.9. The van der Waals surface area contributed by atoms with Gasteiger partial charge in [0.05, 0.1) is 12.8 Å². The van der Waals surface area contributed by atoms with E-state index in [-0.39, 0.29) is 11.9 Å². The maximum Gasteiger partial charge on any atom is 0.251 e. The molecule has 2 heterocycles. The summed E-state index contributed by atoms with van der Waals surface area (Å²) < 4.78 is 10.4. The largest absolute Gasteiger partial charge is 0.497 e. The molecule has 1 aliphatic heterocycles. The van der Waals surface area contributed by atoms with Gasteiger partial charge in [-0.15, -0.1) is 0 Å². The minimum Gasteiger partial charge on any atom is -0.497 e. The second-order valence-corrected chi connectivity index (χ2v) is 6.58. The van der Waals surface area contributed by atoms with Crippen molar-refractivity contribution in [1.29, 1.82) is 0 Å². The molecule has 0 spiro atoms. The third-order valence-corrected chi connectivity index (χ3v) is 4.74. The molecule has 0 bridgehead atoms. The molecule has 1 fully saturated rings. The molecule has 1 amide bonds. The number of benzene rings is 1. The van der Waals surface area contributed by atoms with Gasteiger partial charge in [0.25, 0.3) is 5.91 Å². The molecule has 0 saturated carbocycles. The van der Waals surface area contributed by atoms with Crippen LogP contribution in [0.3, 0.4) is 0 Å². The second kappa shape index (κ2) is 7.70. The average molecular weight is 343 g/mol. The van der Waals surface area contributed by atoms with E-state index in [0.717, 1.165) is 49.5 Å². The van der Waals surface area contributed by atoms with Crippen LogP contribution in [0.4, 0.5) is 0 Å². The van der Waals surface area contributed by atoms with Crippen LogP contribution in [0, 0.1) is 13.8 Å². The van der Waals surface area contributed by atoms with Crippen LogP contribution in [-0.4, -0.2) is 42.2 Å². The highest BCUT2D eigenvalue weighted by Crippen LogP contribution is 2.19. The van der Waals surface area contributed by atoms with Crippen molar-refractivity contribution in [3.05, 3.63) is 46.8 Å². The highest BCUT2D eigenvalue weighted by Gasteiger charge is 2.23. The molecular weight excluding hydrogens is 318 g/mol. The zero-order valence-corrected chi connectivity index (χ0v) is 15.0. The van der Waals surface area contributed by atoms with Gasteiger partial charge in [-0.2, -0.15) is 0 Å². The lowest BCUT2D eigenvalue weighted by atomic mass is 10.0. The van der Waals surface area contributed by atoms with E-state index in [2.05, 4.69) is 15.4 Å². The van der Waals surface area contributed by atoms with E-state index in [1.807, 2.05) is 32.0 Å². The molecule has 25 heavy (non-hydrogen) atoms. The number of rotatable bonds is 5. The van der Waals surface area contributed by atoms with Crippen molar-refractivity contribution in [3.63, 3.8) is 0 Å². The molecule has 2 aromatic rings. The van der Waals surface area contributed by atoms with Gasteiger partial charge in [-0.3, -0.25) is 9.69 Å². The molecule has 1 unspecified atom stereocenters.